The Balaban J connectivity index is 2.06. The molecule has 2 rings (SSSR count). The molecular weight excluding hydrogens is 314 g/mol. The fourth-order valence-corrected chi connectivity index (χ4v) is 3.52. The third-order valence-corrected chi connectivity index (χ3v) is 4.78. The minimum Gasteiger partial charge on any atom is -0.375 e. The van der Waals surface area contributed by atoms with Crippen molar-refractivity contribution in [2.75, 3.05) is 23.8 Å². The van der Waals surface area contributed by atoms with E-state index in [1.54, 1.807) is 22.5 Å². The molecule has 0 unspecified atom stereocenters. The molecule has 0 spiro atoms. The van der Waals surface area contributed by atoms with Crippen LogP contribution in [0.5, 0.6) is 0 Å². The summed E-state index contributed by atoms with van der Waals surface area (Å²) >= 11 is 1.67. The average molecular weight is 341 g/mol. The number of thioether (sulfide) groups is 1. The van der Waals surface area contributed by atoms with Crippen LogP contribution < -0.4 is 10.6 Å². The molecule has 130 valence electrons. The Kier molecular flexibility index (Phi) is 6.50. The minimum atomic E-state index is -0.274. The zero-order chi connectivity index (χ0) is 17.0. The van der Waals surface area contributed by atoms with E-state index >= 15 is 0 Å². The topological polar surface area (TPSA) is 56.6 Å². The highest BCUT2D eigenvalue weighted by Crippen LogP contribution is 2.31. The SMILES string of the molecule is CCN(c1ccn([C@H]2CS[C@@H](COC(C)C)O2)c(=O)n1)C(C)C. The number of rotatable bonds is 7. The molecule has 2 heterocycles. The molecule has 0 aliphatic carbocycles. The van der Waals surface area contributed by atoms with E-state index < -0.39 is 0 Å². The van der Waals surface area contributed by atoms with Gasteiger partial charge in [-0.05, 0) is 40.7 Å². The first kappa shape index (κ1) is 18.3. The van der Waals surface area contributed by atoms with Crippen molar-refractivity contribution in [3.63, 3.8) is 0 Å². The van der Waals surface area contributed by atoms with Crippen LogP contribution >= 0.6 is 11.8 Å². The van der Waals surface area contributed by atoms with Crippen molar-refractivity contribution in [3.8, 4) is 0 Å². The summed E-state index contributed by atoms with van der Waals surface area (Å²) in [7, 11) is 0. The number of hydrogen-bond donors (Lipinski definition) is 0. The highest BCUT2D eigenvalue weighted by atomic mass is 32.2. The lowest BCUT2D eigenvalue weighted by Gasteiger charge is -2.26. The molecule has 2 atom stereocenters. The van der Waals surface area contributed by atoms with Gasteiger partial charge in [0.25, 0.3) is 0 Å². The fraction of sp³-hybridized carbons (Fsp3) is 0.750. The van der Waals surface area contributed by atoms with E-state index in [2.05, 4.69) is 30.7 Å². The molecule has 0 bridgehead atoms. The Hall–Kier alpha value is -1.05. The number of aromatic nitrogens is 2. The van der Waals surface area contributed by atoms with Crippen molar-refractivity contribution in [1.29, 1.82) is 0 Å². The van der Waals surface area contributed by atoms with Crippen molar-refractivity contribution in [2.24, 2.45) is 0 Å². The zero-order valence-electron chi connectivity index (χ0n) is 14.6. The van der Waals surface area contributed by atoms with E-state index in [0.29, 0.717) is 18.5 Å². The molecule has 7 heteroatoms. The molecule has 1 saturated heterocycles. The second kappa shape index (κ2) is 8.17. The second-order valence-corrected chi connectivity index (χ2v) is 7.28. The van der Waals surface area contributed by atoms with Gasteiger partial charge in [0, 0.05) is 24.5 Å². The Morgan fingerprint density at radius 1 is 1.48 bits per heavy atom. The zero-order valence-corrected chi connectivity index (χ0v) is 15.4. The van der Waals surface area contributed by atoms with Gasteiger partial charge in [-0.3, -0.25) is 4.57 Å². The number of anilines is 1. The third-order valence-electron chi connectivity index (χ3n) is 3.68. The fourth-order valence-electron chi connectivity index (χ4n) is 2.52. The van der Waals surface area contributed by atoms with Gasteiger partial charge in [-0.15, -0.1) is 11.8 Å². The van der Waals surface area contributed by atoms with Crippen LogP contribution in [0.1, 0.15) is 40.8 Å². The summed E-state index contributed by atoms with van der Waals surface area (Å²) in [5, 5.41) is 0. The van der Waals surface area contributed by atoms with Gasteiger partial charge in [0.05, 0.1) is 12.7 Å². The number of ether oxygens (including phenoxy) is 2. The molecule has 1 aliphatic rings. The maximum atomic E-state index is 12.3. The molecule has 6 nitrogen and oxygen atoms in total. The molecule has 23 heavy (non-hydrogen) atoms. The van der Waals surface area contributed by atoms with Gasteiger partial charge >= 0.3 is 5.69 Å². The molecular formula is C16H27N3O3S. The number of hydrogen-bond acceptors (Lipinski definition) is 6. The van der Waals surface area contributed by atoms with Crippen LogP contribution in [-0.4, -0.2) is 46.0 Å². The van der Waals surface area contributed by atoms with Gasteiger partial charge in [0.15, 0.2) is 0 Å². The summed E-state index contributed by atoms with van der Waals surface area (Å²) in [4.78, 5) is 18.7. The smallest absolute Gasteiger partial charge is 0.351 e. The summed E-state index contributed by atoms with van der Waals surface area (Å²) in [6.07, 6.45) is 1.69. The minimum absolute atomic E-state index is 0.0308. The quantitative estimate of drug-likeness (QED) is 0.759. The van der Waals surface area contributed by atoms with Crippen molar-refractivity contribution in [2.45, 2.75) is 58.4 Å². The molecule has 0 amide bonds. The van der Waals surface area contributed by atoms with Gasteiger partial charge in [-0.1, -0.05) is 0 Å². The Morgan fingerprint density at radius 3 is 2.78 bits per heavy atom. The molecule has 0 radical (unpaired) electrons. The maximum absolute atomic E-state index is 12.3. The summed E-state index contributed by atoms with van der Waals surface area (Å²) in [5.41, 5.74) is -0.297. The first-order chi connectivity index (χ1) is 10.9. The molecule has 0 saturated carbocycles. The van der Waals surface area contributed by atoms with Gasteiger partial charge < -0.3 is 14.4 Å². The molecule has 1 aromatic rings. The first-order valence-electron chi connectivity index (χ1n) is 8.16. The lowest BCUT2D eigenvalue weighted by molar-refractivity contribution is -0.0377. The van der Waals surface area contributed by atoms with E-state index in [1.165, 1.54) is 0 Å². The van der Waals surface area contributed by atoms with Crippen LogP contribution in [0.15, 0.2) is 17.1 Å². The number of nitrogens with zero attached hydrogens (tertiary/aromatic N) is 3. The van der Waals surface area contributed by atoms with Gasteiger partial charge in [0.1, 0.15) is 17.5 Å². The van der Waals surface area contributed by atoms with Crippen LogP contribution in [0.25, 0.3) is 0 Å². The van der Waals surface area contributed by atoms with Crippen LogP contribution in [0.4, 0.5) is 5.82 Å². The molecule has 1 aliphatic heterocycles. The summed E-state index contributed by atoms with van der Waals surface area (Å²) in [6, 6.07) is 2.19. The van der Waals surface area contributed by atoms with Crippen molar-refractivity contribution >= 4 is 17.6 Å². The van der Waals surface area contributed by atoms with E-state index in [1.807, 2.05) is 19.9 Å². The summed E-state index contributed by atoms with van der Waals surface area (Å²) in [5.74, 6) is 1.45. The standard InChI is InChI=1S/C16H27N3O3S/c1-6-18(11(2)3)13-7-8-19(16(20)17-13)14-10-23-15(22-14)9-21-12(4)5/h7-8,11-12,14-15H,6,9-10H2,1-5H3/t14-,15+/m1/s1. The van der Waals surface area contributed by atoms with E-state index in [-0.39, 0.29) is 23.5 Å². The van der Waals surface area contributed by atoms with E-state index in [4.69, 9.17) is 9.47 Å². The maximum Gasteiger partial charge on any atom is 0.351 e. The Labute approximate surface area is 142 Å². The molecule has 0 N–H and O–H groups in total. The van der Waals surface area contributed by atoms with Crippen molar-refractivity contribution < 1.29 is 9.47 Å². The van der Waals surface area contributed by atoms with E-state index in [0.717, 1.165) is 12.3 Å². The van der Waals surface area contributed by atoms with Crippen LogP contribution in [0.2, 0.25) is 0 Å². The monoisotopic (exact) mass is 341 g/mol. The normalized spacial score (nSPS) is 21.3. The highest BCUT2D eigenvalue weighted by molar-refractivity contribution is 8.00. The van der Waals surface area contributed by atoms with Crippen LogP contribution in [0.3, 0.4) is 0 Å². The highest BCUT2D eigenvalue weighted by Gasteiger charge is 2.28. The average Bonchev–Trinajstić information content (AvgIpc) is 2.94. The summed E-state index contributed by atoms with van der Waals surface area (Å²) < 4.78 is 13.0. The first-order valence-corrected chi connectivity index (χ1v) is 9.21. The van der Waals surface area contributed by atoms with Crippen LogP contribution in [-0.2, 0) is 9.47 Å². The summed E-state index contributed by atoms with van der Waals surface area (Å²) in [6.45, 7) is 11.6. The largest absolute Gasteiger partial charge is 0.375 e. The van der Waals surface area contributed by atoms with Crippen LogP contribution in [0, 0.1) is 0 Å². The van der Waals surface area contributed by atoms with Gasteiger partial charge in [-0.2, -0.15) is 4.98 Å². The lowest BCUT2D eigenvalue weighted by Crippen LogP contribution is -2.35. The van der Waals surface area contributed by atoms with E-state index in [9.17, 15) is 4.79 Å². The predicted octanol–water partition coefficient (Wildman–Crippen LogP) is 2.49. The van der Waals surface area contributed by atoms with Gasteiger partial charge in [0.2, 0.25) is 0 Å². The Morgan fingerprint density at radius 2 is 2.22 bits per heavy atom. The van der Waals surface area contributed by atoms with Crippen molar-refractivity contribution in [1.82, 2.24) is 9.55 Å². The molecule has 0 aromatic carbocycles. The third kappa shape index (κ3) is 4.71. The second-order valence-electron chi connectivity index (χ2n) is 6.09. The lowest BCUT2D eigenvalue weighted by atomic mass is 10.3. The Bertz CT molecular complexity index is 562. The predicted molar refractivity (Wildman–Crippen MR) is 94.1 cm³/mol. The molecule has 1 fully saturated rings. The molecule has 1 aromatic heterocycles. The van der Waals surface area contributed by atoms with Gasteiger partial charge in [-0.25, -0.2) is 4.79 Å². The van der Waals surface area contributed by atoms with Crippen molar-refractivity contribution in [3.05, 3.63) is 22.7 Å².